The summed E-state index contributed by atoms with van der Waals surface area (Å²) in [6, 6.07) is 14.9. The minimum absolute atomic E-state index is 0.102. The van der Waals surface area contributed by atoms with E-state index in [0.717, 1.165) is 27.8 Å². The van der Waals surface area contributed by atoms with Crippen LogP contribution >= 0.6 is 0 Å². The molecule has 28 heavy (non-hydrogen) atoms. The maximum atomic E-state index is 15.3. The maximum absolute atomic E-state index is 15.3. The van der Waals surface area contributed by atoms with E-state index in [1.165, 1.54) is 28.7 Å². The number of aromatic nitrogens is 1. The van der Waals surface area contributed by atoms with Gasteiger partial charge in [-0.25, -0.2) is 8.96 Å². The minimum atomic E-state index is -1.44. The molecule has 3 rings (SSSR count). The van der Waals surface area contributed by atoms with Crippen molar-refractivity contribution in [3.63, 3.8) is 0 Å². The van der Waals surface area contributed by atoms with Crippen LogP contribution in [0.5, 0.6) is 0 Å². The molecule has 0 aliphatic carbocycles. The van der Waals surface area contributed by atoms with Gasteiger partial charge in [-0.3, -0.25) is 0 Å². The predicted molar refractivity (Wildman–Crippen MR) is 122 cm³/mol. The highest BCUT2D eigenvalue weighted by Crippen LogP contribution is 2.33. The summed E-state index contributed by atoms with van der Waals surface area (Å²) >= 11 is 0. The van der Waals surface area contributed by atoms with E-state index in [-0.39, 0.29) is 5.82 Å². The molecule has 148 valence electrons. The van der Waals surface area contributed by atoms with E-state index in [4.69, 9.17) is 0 Å². The molecule has 2 aromatic carbocycles. The summed E-state index contributed by atoms with van der Waals surface area (Å²) in [4.78, 5) is 0. The molecular weight excluding hydrogens is 361 g/mol. The van der Waals surface area contributed by atoms with Crippen molar-refractivity contribution in [1.29, 1.82) is 0 Å². The van der Waals surface area contributed by atoms with Crippen molar-refractivity contribution < 1.29 is 8.96 Å². The Labute approximate surface area is 170 Å². The van der Waals surface area contributed by atoms with Gasteiger partial charge in [0.2, 0.25) is 5.69 Å². The number of hydrogen-bond acceptors (Lipinski definition) is 0. The van der Waals surface area contributed by atoms with Gasteiger partial charge >= 0.3 is 0 Å². The first-order valence-electron chi connectivity index (χ1n) is 10.5. The third kappa shape index (κ3) is 3.20. The van der Waals surface area contributed by atoms with Crippen molar-refractivity contribution >= 4 is 24.0 Å². The van der Waals surface area contributed by atoms with Gasteiger partial charge in [0.05, 0.1) is 19.0 Å². The van der Waals surface area contributed by atoms with E-state index in [0.29, 0.717) is 5.56 Å². The summed E-state index contributed by atoms with van der Waals surface area (Å²) in [5.74, 6) is -0.102. The van der Waals surface area contributed by atoms with Gasteiger partial charge in [0, 0.05) is 6.07 Å². The maximum Gasteiger partial charge on any atom is 0.223 e. The molecular formula is C25H33FNSi+. The number of pyridine rings is 1. The highest BCUT2D eigenvalue weighted by Gasteiger charge is 2.30. The second-order valence-electron chi connectivity index (χ2n) is 8.24. The van der Waals surface area contributed by atoms with Crippen LogP contribution in [0.2, 0.25) is 18.1 Å². The SMILES string of the molecule is CC[Si](CC)(CC)c1ccc2c(-c3c(C)c(C)cc(C)c3F)[n+](C)ccc2c1. The highest BCUT2D eigenvalue weighted by molar-refractivity contribution is 6.91. The number of rotatable bonds is 5. The summed E-state index contributed by atoms with van der Waals surface area (Å²) in [5, 5.41) is 3.88. The van der Waals surface area contributed by atoms with E-state index < -0.39 is 8.07 Å². The van der Waals surface area contributed by atoms with Crippen molar-refractivity contribution in [3.8, 4) is 11.3 Å². The van der Waals surface area contributed by atoms with Crippen LogP contribution in [0.15, 0.2) is 36.5 Å². The van der Waals surface area contributed by atoms with Gasteiger partial charge in [0.1, 0.15) is 12.9 Å². The van der Waals surface area contributed by atoms with Crippen LogP contribution in [0, 0.1) is 26.6 Å². The summed E-state index contributed by atoms with van der Waals surface area (Å²) in [5.41, 5.74) is 4.58. The Morgan fingerprint density at radius 2 is 1.54 bits per heavy atom. The first-order valence-corrected chi connectivity index (χ1v) is 13.1. The largest absolute Gasteiger partial charge is 0.223 e. The monoisotopic (exact) mass is 394 g/mol. The van der Waals surface area contributed by atoms with Crippen LogP contribution in [0.25, 0.3) is 22.0 Å². The van der Waals surface area contributed by atoms with Crippen LogP contribution < -0.4 is 9.75 Å². The summed E-state index contributed by atoms with van der Waals surface area (Å²) in [7, 11) is 0.575. The first kappa shape index (κ1) is 20.7. The van der Waals surface area contributed by atoms with Gasteiger partial charge in [-0.2, -0.15) is 0 Å². The molecule has 0 aliphatic heterocycles. The normalized spacial score (nSPS) is 12.0. The van der Waals surface area contributed by atoms with Gasteiger partial charge in [-0.1, -0.05) is 62.3 Å². The fourth-order valence-electron chi connectivity index (χ4n) is 4.71. The zero-order valence-corrected chi connectivity index (χ0v) is 19.4. The van der Waals surface area contributed by atoms with Crippen molar-refractivity contribution in [1.82, 2.24) is 0 Å². The lowest BCUT2D eigenvalue weighted by Crippen LogP contribution is -2.45. The van der Waals surface area contributed by atoms with Crippen molar-refractivity contribution in [2.45, 2.75) is 59.7 Å². The van der Waals surface area contributed by atoms with Gasteiger partial charge in [-0.15, -0.1) is 0 Å². The Balaban J connectivity index is 2.34. The number of nitrogens with zero attached hydrogens (tertiary/aromatic N) is 1. The fourth-order valence-corrected chi connectivity index (χ4v) is 8.34. The van der Waals surface area contributed by atoms with E-state index in [9.17, 15) is 0 Å². The quantitative estimate of drug-likeness (QED) is 0.363. The Morgan fingerprint density at radius 1 is 0.893 bits per heavy atom. The lowest BCUT2D eigenvalue weighted by Gasteiger charge is -2.29. The van der Waals surface area contributed by atoms with Gasteiger partial charge in [-0.05, 0) is 48.9 Å². The zero-order chi connectivity index (χ0) is 20.6. The molecule has 0 amide bonds. The molecule has 0 unspecified atom stereocenters. The number of fused-ring (bicyclic) bond motifs is 1. The van der Waals surface area contributed by atoms with Crippen LogP contribution in [0.4, 0.5) is 4.39 Å². The molecule has 0 atom stereocenters. The summed E-state index contributed by atoms with van der Waals surface area (Å²) < 4.78 is 17.3. The van der Waals surface area contributed by atoms with Crippen molar-refractivity contribution in [2.75, 3.05) is 0 Å². The minimum Gasteiger partial charge on any atom is -0.206 e. The smallest absolute Gasteiger partial charge is 0.206 e. The third-order valence-electron chi connectivity index (χ3n) is 6.98. The molecule has 0 saturated heterocycles. The number of aryl methyl sites for hydroxylation is 3. The topological polar surface area (TPSA) is 3.88 Å². The Hall–Kier alpha value is -2.00. The van der Waals surface area contributed by atoms with E-state index in [2.05, 4.69) is 62.7 Å². The van der Waals surface area contributed by atoms with E-state index in [1.807, 2.05) is 27.0 Å². The average molecular weight is 395 g/mol. The number of halogens is 1. The molecule has 0 fully saturated rings. The Kier molecular flexibility index (Phi) is 5.76. The molecule has 3 aromatic rings. The Bertz CT molecular complexity index is 1000. The number of hydrogen-bond donors (Lipinski definition) is 0. The lowest BCUT2D eigenvalue weighted by atomic mass is 9.94. The average Bonchev–Trinajstić information content (AvgIpc) is 2.70. The summed E-state index contributed by atoms with van der Waals surface area (Å²) in [6.07, 6.45) is 2.07. The molecule has 3 heteroatoms. The van der Waals surface area contributed by atoms with Crippen LogP contribution in [-0.2, 0) is 7.05 Å². The van der Waals surface area contributed by atoms with Crippen molar-refractivity contribution in [3.05, 3.63) is 59.0 Å². The molecule has 0 aliphatic rings. The van der Waals surface area contributed by atoms with Gasteiger partial charge in [0.15, 0.2) is 6.20 Å². The second kappa shape index (κ2) is 7.79. The molecule has 0 bridgehead atoms. The highest BCUT2D eigenvalue weighted by atomic mass is 28.3. The second-order valence-corrected chi connectivity index (χ2v) is 13.5. The molecule has 0 saturated carbocycles. The standard InChI is InChI=1S/C25H33FNSi/c1-8-28(9-2,10-3)21-11-12-22-20(16-21)13-14-27(7)25(22)23-19(6)17(4)15-18(5)24(23)26/h11-16H,8-10H2,1-7H3/q+1. The fraction of sp³-hybridized carbons (Fsp3) is 0.400. The Morgan fingerprint density at radius 3 is 2.14 bits per heavy atom. The van der Waals surface area contributed by atoms with Gasteiger partial charge in [0.25, 0.3) is 0 Å². The van der Waals surface area contributed by atoms with E-state index in [1.54, 1.807) is 0 Å². The van der Waals surface area contributed by atoms with Crippen LogP contribution in [0.3, 0.4) is 0 Å². The molecule has 0 radical (unpaired) electrons. The molecule has 0 spiro atoms. The van der Waals surface area contributed by atoms with E-state index >= 15 is 4.39 Å². The molecule has 0 N–H and O–H groups in total. The lowest BCUT2D eigenvalue weighted by molar-refractivity contribution is -0.659. The van der Waals surface area contributed by atoms with Gasteiger partial charge < -0.3 is 0 Å². The first-order chi connectivity index (χ1) is 13.3. The van der Waals surface area contributed by atoms with Crippen LogP contribution in [0.1, 0.15) is 37.5 Å². The third-order valence-corrected chi connectivity index (χ3v) is 12.6. The number of benzene rings is 2. The van der Waals surface area contributed by atoms with Crippen molar-refractivity contribution in [2.24, 2.45) is 7.05 Å². The summed E-state index contributed by atoms with van der Waals surface area (Å²) in [6.45, 7) is 13.0. The molecule has 1 heterocycles. The van der Waals surface area contributed by atoms with Crippen LogP contribution in [-0.4, -0.2) is 8.07 Å². The zero-order valence-electron chi connectivity index (χ0n) is 18.4. The predicted octanol–water partition coefficient (Wildman–Crippen LogP) is 6.11. The molecule has 1 aromatic heterocycles. The molecule has 1 nitrogen and oxygen atoms in total.